The van der Waals surface area contributed by atoms with Crippen molar-refractivity contribution in [2.75, 3.05) is 32.7 Å². The zero-order valence-electron chi connectivity index (χ0n) is 15.4. The molecule has 3 heterocycles. The smallest absolute Gasteiger partial charge is 0.253 e. The van der Waals surface area contributed by atoms with Crippen molar-refractivity contribution in [3.05, 3.63) is 58.3 Å². The number of rotatable bonds is 6. The van der Waals surface area contributed by atoms with Crippen LogP contribution in [0.1, 0.15) is 22.7 Å². The number of hydrogen-bond acceptors (Lipinski definition) is 6. The first-order valence-corrected chi connectivity index (χ1v) is 10.6. The molecule has 2 aromatic heterocycles. The molecular formula is C20H21ClN4O2S. The van der Waals surface area contributed by atoms with E-state index in [4.69, 9.17) is 16.1 Å². The summed E-state index contributed by atoms with van der Waals surface area (Å²) in [5.74, 6) is 1.42. The van der Waals surface area contributed by atoms with Crippen LogP contribution in [-0.4, -0.2) is 58.6 Å². The lowest BCUT2D eigenvalue weighted by Gasteiger charge is -2.34. The van der Waals surface area contributed by atoms with Gasteiger partial charge in [-0.1, -0.05) is 22.8 Å². The van der Waals surface area contributed by atoms with E-state index in [1.165, 1.54) is 0 Å². The molecule has 0 unspecified atom stereocenters. The summed E-state index contributed by atoms with van der Waals surface area (Å²) in [6.07, 6.45) is 1.72. The fourth-order valence-electron chi connectivity index (χ4n) is 3.27. The summed E-state index contributed by atoms with van der Waals surface area (Å²) in [6, 6.07) is 11.0. The lowest BCUT2D eigenvalue weighted by molar-refractivity contribution is 0.0635. The number of hydrogen-bond donors (Lipinski definition) is 0. The van der Waals surface area contributed by atoms with Crippen molar-refractivity contribution in [3.63, 3.8) is 0 Å². The minimum absolute atomic E-state index is 0.0725. The van der Waals surface area contributed by atoms with Gasteiger partial charge in [-0.15, -0.1) is 11.3 Å². The van der Waals surface area contributed by atoms with E-state index in [0.717, 1.165) is 50.4 Å². The zero-order chi connectivity index (χ0) is 19.3. The van der Waals surface area contributed by atoms with Crippen molar-refractivity contribution in [2.24, 2.45) is 0 Å². The Morgan fingerprint density at radius 1 is 1.14 bits per heavy atom. The summed E-state index contributed by atoms with van der Waals surface area (Å²) in [6.45, 7) is 4.20. The summed E-state index contributed by atoms with van der Waals surface area (Å²) in [4.78, 5) is 22.3. The van der Waals surface area contributed by atoms with Gasteiger partial charge in [-0.2, -0.15) is 4.98 Å². The van der Waals surface area contributed by atoms with E-state index in [1.807, 2.05) is 22.4 Å². The molecule has 6 nitrogen and oxygen atoms in total. The number of amides is 1. The second-order valence-electron chi connectivity index (χ2n) is 6.73. The minimum atomic E-state index is 0.0725. The number of carbonyl (C=O) groups is 1. The van der Waals surface area contributed by atoms with Gasteiger partial charge in [0.25, 0.3) is 5.91 Å². The molecule has 0 spiro atoms. The molecular weight excluding hydrogens is 396 g/mol. The third-order valence-electron chi connectivity index (χ3n) is 4.83. The maximum absolute atomic E-state index is 12.6. The molecule has 0 radical (unpaired) electrons. The number of piperazine rings is 1. The van der Waals surface area contributed by atoms with Gasteiger partial charge in [0.05, 0.1) is 4.88 Å². The van der Waals surface area contributed by atoms with Crippen molar-refractivity contribution in [3.8, 4) is 10.7 Å². The monoisotopic (exact) mass is 416 g/mol. The largest absolute Gasteiger partial charge is 0.339 e. The molecule has 1 aromatic carbocycles. The molecule has 28 heavy (non-hydrogen) atoms. The van der Waals surface area contributed by atoms with Crippen molar-refractivity contribution in [1.82, 2.24) is 19.9 Å². The zero-order valence-corrected chi connectivity index (χ0v) is 17.0. The number of aryl methyl sites for hydroxylation is 1. The molecule has 0 N–H and O–H groups in total. The molecule has 1 amide bonds. The quantitative estimate of drug-likeness (QED) is 0.610. The summed E-state index contributed by atoms with van der Waals surface area (Å²) in [7, 11) is 0. The van der Waals surface area contributed by atoms with Crippen LogP contribution in [0.3, 0.4) is 0 Å². The average Bonchev–Trinajstić information content (AvgIpc) is 3.40. The number of thiophene rings is 1. The van der Waals surface area contributed by atoms with Crippen molar-refractivity contribution in [1.29, 1.82) is 0 Å². The molecule has 0 saturated carbocycles. The number of benzene rings is 1. The molecule has 146 valence electrons. The van der Waals surface area contributed by atoms with E-state index < -0.39 is 0 Å². The van der Waals surface area contributed by atoms with Gasteiger partial charge in [0.2, 0.25) is 11.7 Å². The molecule has 3 aromatic rings. The predicted molar refractivity (Wildman–Crippen MR) is 110 cm³/mol. The molecule has 0 aliphatic carbocycles. The molecule has 4 rings (SSSR count). The first kappa shape index (κ1) is 19.1. The van der Waals surface area contributed by atoms with Crippen LogP contribution in [0.5, 0.6) is 0 Å². The summed E-state index contributed by atoms with van der Waals surface area (Å²) in [5, 5.41) is 6.69. The maximum Gasteiger partial charge on any atom is 0.253 e. The van der Waals surface area contributed by atoms with Crippen molar-refractivity contribution < 1.29 is 9.32 Å². The summed E-state index contributed by atoms with van der Waals surface area (Å²) in [5.41, 5.74) is 0.691. The Morgan fingerprint density at radius 2 is 1.93 bits per heavy atom. The highest BCUT2D eigenvalue weighted by Gasteiger charge is 2.22. The number of carbonyl (C=O) groups excluding carboxylic acids is 1. The summed E-state index contributed by atoms with van der Waals surface area (Å²) < 4.78 is 5.35. The predicted octanol–water partition coefficient (Wildman–Crippen LogP) is 3.84. The van der Waals surface area contributed by atoms with Gasteiger partial charge in [0.15, 0.2) is 0 Å². The third kappa shape index (κ3) is 4.60. The maximum atomic E-state index is 12.6. The Bertz CT molecular complexity index is 903. The van der Waals surface area contributed by atoms with Crippen LogP contribution in [0.4, 0.5) is 0 Å². The second-order valence-corrected chi connectivity index (χ2v) is 8.12. The average molecular weight is 417 g/mol. The standard InChI is InChI=1S/C20H21ClN4O2S/c21-16-7-5-15(6-8-16)20(26)25-12-10-24(11-13-25)9-1-4-18-22-19(23-27-18)17-3-2-14-28-17/h2-3,5-8,14H,1,4,9-13H2. The van der Waals surface area contributed by atoms with Gasteiger partial charge in [0, 0.05) is 43.2 Å². The number of nitrogens with zero attached hydrogens (tertiary/aromatic N) is 4. The van der Waals surface area contributed by atoms with E-state index in [1.54, 1.807) is 35.6 Å². The highest BCUT2D eigenvalue weighted by molar-refractivity contribution is 7.13. The second kappa shape index (κ2) is 8.86. The Morgan fingerprint density at radius 3 is 2.64 bits per heavy atom. The van der Waals surface area contributed by atoms with E-state index >= 15 is 0 Å². The van der Waals surface area contributed by atoms with E-state index in [2.05, 4.69) is 15.0 Å². The van der Waals surface area contributed by atoms with Crippen LogP contribution in [0.2, 0.25) is 5.02 Å². The van der Waals surface area contributed by atoms with Gasteiger partial charge >= 0.3 is 0 Å². The molecule has 8 heteroatoms. The summed E-state index contributed by atoms with van der Waals surface area (Å²) >= 11 is 7.50. The highest BCUT2D eigenvalue weighted by atomic mass is 35.5. The minimum Gasteiger partial charge on any atom is -0.339 e. The lowest BCUT2D eigenvalue weighted by Crippen LogP contribution is -2.48. The van der Waals surface area contributed by atoms with Gasteiger partial charge in [-0.05, 0) is 48.7 Å². The van der Waals surface area contributed by atoms with Crippen LogP contribution >= 0.6 is 22.9 Å². The van der Waals surface area contributed by atoms with Crippen LogP contribution in [-0.2, 0) is 6.42 Å². The SMILES string of the molecule is O=C(c1ccc(Cl)cc1)N1CCN(CCCc2nc(-c3cccs3)no2)CC1. The van der Waals surface area contributed by atoms with Crippen molar-refractivity contribution in [2.45, 2.75) is 12.8 Å². The molecule has 1 aliphatic heterocycles. The van der Waals surface area contributed by atoms with E-state index in [0.29, 0.717) is 22.3 Å². The Kier molecular flexibility index (Phi) is 6.04. The molecule has 1 fully saturated rings. The molecule has 1 saturated heterocycles. The lowest BCUT2D eigenvalue weighted by atomic mass is 10.1. The Labute approximate surface area is 172 Å². The Hall–Kier alpha value is -2.22. The topological polar surface area (TPSA) is 62.5 Å². The molecule has 0 atom stereocenters. The number of aromatic nitrogens is 2. The highest BCUT2D eigenvalue weighted by Crippen LogP contribution is 2.21. The van der Waals surface area contributed by atoms with Crippen LogP contribution in [0.15, 0.2) is 46.3 Å². The van der Waals surface area contributed by atoms with Gasteiger partial charge in [0.1, 0.15) is 0 Å². The van der Waals surface area contributed by atoms with Crippen molar-refractivity contribution >= 4 is 28.8 Å². The normalized spacial score (nSPS) is 15.1. The van der Waals surface area contributed by atoms with Crippen LogP contribution in [0, 0.1) is 0 Å². The fraction of sp³-hybridized carbons (Fsp3) is 0.350. The van der Waals surface area contributed by atoms with Gasteiger partial charge in [-0.3, -0.25) is 9.69 Å². The Balaban J connectivity index is 1.21. The van der Waals surface area contributed by atoms with E-state index in [-0.39, 0.29) is 5.91 Å². The molecule has 0 bridgehead atoms. The third-order valence-corrected chi connectivity index (χ3v) is 5.94. The molecule has 1 aliphatic rings. The van der Waals surface area contributed by atoms with Gasteiger partial charge in [-0.25, -0.2) is 0 Å². The number of halogens is 1. The van der Waals surface area contributed by atoms with Gasteiger partial charge < -0.3 is 9.42 Å². The first-order chi connectivity index (χ1) is 13.7. The fourth-order valence-corrected chi connectivity index (χ4v) is 4.04. The first-order valence-electron chi connectivity index (χ1n) is 9.33. The van der Waals surface area contributed by atoms with E-state index in [9.17, 15) is 4.79 Å². The van der Waals surface area contributed by atoms with Crippen LogP contribution in [0.25, 0.3) is 10.7 Å². The van der Waals surface area contributed by atoms with Crippen LogP contribution < -0.4 is 0 Å².